The molecular formula is C16H19NO2. The first-order valence-electron chi connectivity index (χ1n) is 6.59. The third kappa shape index (κ3) is 3.25. The number of carbonyl (C=O) groups is 1. The summed E-state index contributed by atoms with van der Waals surface area (Å²) >= 11 is 0. The summed E-state index contributed by atoms with van der Waals surface area (Å²) in [6.07, 6.45) is 2.42. The number of aryl methyl sites for hydroxylation is 1. The highest BCUT2D eigenvalue weighted by Crippen LogP contribution is 2.12. The Bertz CT molecular complexity index is 531. The van der Waals surface area contributed by atoms with E-state index < -0.39 is 0 Å². The van der Waals surface area contributed by atoms with Crippen LogP contribution < -0.4 is 0 Å². The predicted molar refractivity (Wildman–Crippen MR) is 75.2 cm³/mol. The van der Waals surface area contributed by atoms with Gasteiger partial charge >= 0.3 is 0 Å². The summed E-state index contributed by atoms with van der Waals surface area (Å²) in [5, 5.41) is 0. The monoisotopic (exact) mass is 257 g/mol. The number of benzene rings is 1. The molecule has 0 spiro atoms. The zero-order valence-electron chi connectivity index (χ0n) is 11.4. The van der Waals surface area contributed by atoms with Crippen LogP contribution in [0, 0.1) is 6.92 Å². The molecule has 2 rings (SSSR count). The van der Waals surface area contributed by atoms with E-state index in [1.165, 1.54) is 5.56 Å². The molecule has 2 aromatic rings. The predicted octanol–water partition coefficient (Wildman–Crippen LogP) is 3.29. The van der Waals surface area contributed by atoms with Gasteiger partial charge in [0.2, 0.25) is 0 Å². The highest BCUT2D eigenvalue weighted by atomic mass is 16.3. The van der Waals surface area contributed by atoms with Crippen LogP contribution in [0.2, 0.25) is 0 Å². The van der Waals surface area contributed by atoms with Crippen LogP contribution in [0.1, 0.15) is 28.6 Å². The van der Waals surface area contributed by atoms with Crippen molar-refractivity contribution in [2.75, 3.05) is 13.1 Å². The molecule has 0 bridgehead atoms. The van der Waals surface area contributed by atoms with Gasteiger partial charge in [-0.25, -0.2) is 0 Å². The molecule has 3 heteroatoms. The van der Waals surface area contributed by atoms with Crippen LogP contribution in [0.3, 0.4) is 0 Å². The Morgan fingerprint density at radius 1 is 1.21 bits per heavy atom. The number of amides is 1. The van der Waals surface area contributed by atoms with E-state index in [0.29, 0.717) is 18.8 Å². The normalized spacial score (nSPS) is 10.4. The van der Waals surface area contributed by atoms with Gasteiger partial charge in [0.05, 0.1) is 6.26 Å². The third-order valence-electron chi connectivity index (χ3n) is 3.24. The molecule has 0 aliphatic heterocycles. The van der Waals surface area contributed by atoms with Crippen LogP contribution in [0.4, 0.5) is 0 Å². The fourth-order valence-electron chi connectivity index (χ4n) is 2.05. The summed E-state index contributed by atoms with van der Waals surface area (Å²) in [4.78, 5) is 14.1. The zero-order chi connectivity index (χ0) is 13.7. The van der Waals surface area contributed by atoms with Crippen molar-refractivity contribution in [2.45, 2.75) is 20.3 Å². The maximum Gasteiger partial charge on any atom is 0.289 e. The fourth-order valence-corrected chi connectivity index (χ4v) is 2.05. The molecule has 0 N–H and O–H groups in total. The van der Waals surface area contributed by atoms with Crippen LogP contribution in [-0.4, -0.2) is 23.9 Å². The quantitative estimate of drug-likeness (QED) is 0.823. The number of hydrogen-bond donors (Lipinski definition) is 0. The number of hydrogen-bond acceptors (Lipinski definition) is 2. The van der Waals surface area contributed by atoms with Gasteiger partial charge in [0.25, 0.3) is 5.91 Å². The molecule has 0 saturated heterocycles. The molecule has 1 aromatic carbocycles. The third-order valence-corrected chi connectivity index (χ3v) is 3.24. The first-order chi connectivity index (χ1) is 9.22. The second kappa shape index (κ2) is 6.23. The number of furan rings is 1. The second-order valence-electron chi connectivity index (χ2n) is 4.55. The number of nitrogens with zero attached hydrogens (tertiary/aromatic N) is 1. The van der Waals surface area contributed by atoms with Gasteiger partial charge in [-0.2, -0.15) is 0 Å². The van der Waals surface area contributed by atoms with E-state index in [9.17, 15) is 4.79 Å². The summed E-state index contributed by atoms with van der Waals surface area (Å²) in [6.45, 7) is 5.27. The van der Waals surface area contributed by atoms with Crippen LogP contribution in [0.15, 0.2) is 47.1 Å². The summed E-state index contributed by atoms with van der Waals surface area (Å²) < 4.78 is 5.27. The first kappa shape index (κ1) is 13.4. The molecule has 100 valence electrons. The van der Waals surface area contributed by atoms with Gasteiger partial charge in [-0.15, -0.1) is 0 Å². The van der Waals surface area contributed by atoms with Crippen LogP contribution >= 0.6 is 0 Å². The minimum Gasteiger partial charge on any atom is -0.459 e. The van der Waals surface area contributed by atoms with Crippen molar-refractivity contribution < 1.29 is 9.21 Å². The van der Waals surface area contributed by atoms with E-state index in [1.54, 1.807) is 6.26 Å². The van der Waals surface area contributed by atoms with Gasteiger partial charge in [-0.1, -0.05) is 30.3 Å². The molecule has 1 aromatic heterocycles. The maximum absolute atomic E-state index is 12.3. The highest BCUT2D eigenvalue weighted by molar-refractivity contribution is 5.92. The van der Waals surface area contributed by atoms with Crippen LogP contribution in [0.5, 0.6) is 0 Å². The topological polar surface area (TPSA) is 33.5 Å². The standard InChI is InChI=1S/C16H19NO2/c1-3-17(11-9-14-7-5-4-6-8-14)16(18)15-13(2)10-12-19-15/h4-8,10,12H,3,9,11H2,1-2H3. The van der Waals surface area contributed by atoms with Gasteiger partial charge in [-0.05, 0) is 31.9 Å². The van der Waals surface area contributed by atoms with Crippen molar-refractivity contribution in [3.8, 4) is 0 Å². The van der Waals surface area contributed by atoms with Gasteiger partial charge in [0.1, 0.15) is 0 Å². The molecule has 0 unspecified atom stereocenters. The van der Waals surface area contributed by atoms with Gasteiger partial charge in [0.15, 0.2) is 5.76 Å². The molecular weight excluding hydrogens is 238 g/mol. The average molecular weight is 257 g/mol. The van der Waals surface area contributed by atoms with Gasteiger partial charge < -0.3 is 9.32 Å². The Morgan fingerprint density at radius 3 is 2.53 bits per heavy atom. The molecule has 0 aliphatic rings. The summed E-state index contributed by atoms with van der Waals surface area (Å²) in [6, 6.07) is 12.0. The Morgan fingerprint density at radius 2 is 1.95 bits per heavy atom. The number of rotatable bonds is 5. The minimum atomic E-state index is -0.0269. The fraction of sp³-hybridized carbons (Fsp3) is 0.312. The van der Waals surface area contributed by atoms with Crippen molar-refractivity contribution in [1.82, 2.24) is 4.90 Å². The lowest BCUT2D eigenvalue weighted by Gasteiger charge is -2.20. The smallest absolute Gasteiger partial charge is 0.289 e. The van der Waals surface area contributed by atoms with E-state index in [2.05, 4.69) is 12.1 Å². The summed E-state index contributed by atoms with van der Waals surface area (Å²) in [5.74, 6) is 0.427. The number of likely N-dealkylation sites (N-methyl/N-ethyl adjacent to an activating group) is 1. The lowest BCUT2D eigenvalue weighted by molar-refractivity contribution is 0.0733. The zero-order valence-corrected chi connectivity index (χ0v) is 11.4. The van der Waals surface area contributed by atoms with Crippen molar-refractivity contribution >= 4 is 5.91 Å². The van der Waals surface area contributed by atoms with Gasteiger partial charge in [-0.3, -0.25) is 4.79 Å². The lowest BCUT2D eigenvalue weighted by atomic mass is 10.1. The Balaban J connectivity index is 2.01. The van der Waals surface area contributed by atoms with E-state index >= 15 is 0 Å². The molecule has 0 saturated carbocycles. The van der Waals surface area contributed by atoms with Crippen molar-refractivity contribution in [1.29, 1.82) is 0 Å². The second-order valence-corrected chi connectivity index (χ2v) is 4.55. The molecule has 0 radical (unpaired) electrons. The van der Waals surface area contributed by atoms with Crippen molar-refractivity contribution in [3.05, 3.63) is 59.5 Å². The van der Waals surface area contributed by atoms with E-state index in [-0.39, 0.29) is 5.91 Å². The summed E-state index contributed by atoms with van der Waals surface area (Å²) in [5.41, 5.74) is 2.13. The van der Waals surface area contributed by atoms with Crippen molar-refractivity contribution in [3.63, 3.8) is 0 Å². The molecule has 0 aliphatic carbocycles. The summed E-state index contributed by atoms with van der Waals surface area (Å²) in [7, 11) is 0. The Kier molecular flexibility index (Phi) is 4.39. The van der Waals surface area contributed by atoms with E-state index in [1.807, 2.05) is 43.0 Å². The molecule has 0 atom stereocenters. The SMILES string of the molecule is CCN(CCc1ccccc1)C(=O)c1occc1C. The van der Waals surface area contributed by atoms with Crippen LogP contribution in [0.25, 0.3) is 0 Å². The van der Waals surface area contributed by atoms with E-state index in [4.69, 9.17) is 4.42 Å². The van der Waals surface area contributed by atoms with Crippen molar-refractivity contribution in [2.24, 2.45) is 0 Å². The molecule has 1 heterocycles. The number of carbonyl (C=O) groups excluding carboxylic acids is 1. The Hall–Kier alpha value is -2.03. The lowest BCUT2D eigenvalue weighted by Crippen LogP contribution is -2.32. The largest absolute Gasteiger partial charge is 0.459 e. The molecule has 1 amide bonds. The molecule has 19 heavy (non-hydrogen) atoms. The molecule has 0 fully saturated rings. The minimum absolute atomic E-state index is 0.0269. The first-order valence-corrected chi connectivity index (χ1v) is 6.59. The molecule has 3 nitrogen and oxygen atoms in total. The average Bonchev–Trinajstić information content (AvgIpc) is 2.86. The van der Waals surface area contributed by atoms with Gasteiger partial charge in [0, 0.05) is 18.7 Å². The highest BCUT2D eigenvalue weighted by Gasteiger charge is 2.18. The van der Waals surface area contributed by atoms with E-state index in [0.717, 1.165) is 12.0 Å². The Labute approximate surface area is 113 Å². The van der Waals surface area contributed by atoms with Crippen LogP contribution in [-0.2, 0) is 6.42 Å². The maximum atomic E-state index is 12.3.